The molecule has 0 fully saturated rings. The number of aromatic nitrogens is 4. The summed E-state index contributed by atoms with van der Waals surface area (Å²) in [4.78, 5) is 29.8. The van der Waals surface area contributed by atoms with E-state index in [2.05, 4.69) is 15.5 Å². The number of fused-ring (bicyclic) bond motifs is 1. The molecule has 2 aromatic carbocycles. The Bertz CT molecular complexity index is 1350. The Kier molecular flexibility index (Phi) is 5.14. The van der Waals surface area contributed by atoms with Crippen LogP contribution in [0, 0.1) is 18.6 Å². The minimum absolute atomic E-state index is 0.168. The average molecular weight is 427 g/mol. The molecule has 2 heterocycles. The molecule has 2 aromatic heterocycles. The molecular formula is C21H19F2N5O3. The second kappa shape index (κ2) is 7.78. The van der Waals surface area contributed by atoms with Crippen molar-refractivity contribution in [3.05, 3.63) is 64.4 Å². The Morgan fingerprint density at radius 2 is 1.94 bits per heavy atom. The summed E-state index contributed by atoms with van der Waals surface area (Å²) in [7, 11) is 0. The molecule has 8 nitrogen and oxygen atoms in total. The summed E-state index contributed by atoms with van der Waals surface area (Å²) in [5.41, 5.74) is 1.01. The van der Waals surface area contributed by atoms with Crippen molar-refractivity contribution in [2.24, 2.45) is 0 Å². The maximum atomic E-state index is 13.9. The Balaban J connectivity index is 1.76. The summed E-state index contributed by atoms with van der Waals surface area (Å²) in [6, 6.07) is 7.78. The topological polar surface area (TPSA) is 95.0 Å². The average Bonchev–Trinajstić information content (AvgIpc) is 3.26. The van der Waals surface area contributed by atoms with E-state index in [9.17, 15) is 18.4 Å². The van der Waals surface area contributed by atoms with E-state index in [1.54, 1.807) is 29.7 Å². The Morgan fingerprint density at radius 3 is 2.61 bits per heavy atom. The quantitative estimate of drug-likeness (QED) is 0.525. The van der Waals surface area contributed by atoms with Gasteiger partial charge < -0.3 is 9.84 Å². The van der Waals surface area contributed by atoms with Crippen molar-refractivity contribution in [2.45, 2.75) is 33.4 Å². The second-order valence-electron chi connectivity index (χ2n) is 7.35. The zero-order chi connectivity index (χ0) is 22.3. The first-order valence-corrected chi connectivity index (χ1v) is 9.55. The van der Waals surface area contributed by atoms with E-state index in [1.807, 2.05) is 13.8 Å². The number of rotatable bonds is 5. The highest BCUT2D eigenvalue weighted by molar-refractivity contribution is 5.92. The molecule has 10 heteroatoms. The minimum Gasteiger partial charge on any atom is -0.339 e. The largest absolute Gasteiger partial charge is 0.339 e. The lowest BCUT2D eigenvalue weighted by Gasteiger charge is -2.08. The highest BCUT2D eigenvalue weighted by Gasteiger charge is 2.19. The fourth-order valence-corrected chi connectivity index (χ4v) is 3.41. The van der Waals surface area contributed by atoms with Gasteiger partial charge in [0.1, 0.15) is 18.2 Å². The van der Waals surface area contributed by atoms with E-state index in [0.29, 0.717) is 28.3 Å². The van der Waals surface area contributed by atoms with Gasteiger partial charge in [0, 0.05) is 24.6 Å². The van der Waals surface area contributed by atoms with Crippen LogP contribution in [0.25, 0.3) is 22.4 Å². The van der Waals surface area contributed by atoms with Crippen LogP contribution in [0.1, 0.15) is 25.8 Å². The van der Waals surface area contributed by atoms with Gasteiger partial charge in [0.15, 0.2) is 0 Å². The Hall–Kier alpha value is -3.82. The number of benzene rings is 2. The van der Waals surface area contributed by atoms with Crippen LogP contribution >= 0.6 is 0 Å². The number of hydrogen-bond donors (Lipinski definition) is 1. The standard InChI is InChI=1S/C21H19F2N5O3/c1-11(2)28-17-7-4-13(20-24-12(3)31-26-20)8-18(17)27(21(28)30)10-19(29)25-16-9-14(22)5-6-15(16)23/h4-9,11H,10H2,1-3H3,(H,25,29). The lowest BCUT2D eigenvalue weighted by atomic mass is 10.2. The third kappa shape index (κ3) is 3.83. The molecular weight excluding hydrogens is 408 g/mol. The molecule has 0 aliphatic heterocycles. The molecule has 31 heavy (non-hydrogen) atoms. The maximum Gasteiger partial charge on any atom is 0.329 e. The molecule has 0 unspecified atom stereocenters. The van der Waals surface area contributed by atoms with Gasteiger partial charge in [-0.15, -0.1) is 0 Å². The second-order valence-corrected chi connectivity index (χ2v) is 7.35. The molecule has 0 aliphatic rings. The van der Waals surface area contributed by atoms with Gasteiger partial charge in [-0.3, -0.25) is 13.9 Å². The molecule has 0 radical (unpaired) electrons. The van der Waals surface area contributed by atoms with Crippen LogP contribution in [0.5, 0.6) is 0 Å². The zero-order valence-corrected chi connectivity index (χ0v) is 17.0. The van der Waals surface area contributed by atoms with Crippen molar-refractivity contribution >= 4 is 22.6 Å². The number of carbonyl (C=O) groups is 1. The van der Waals surface area contributed by atoms with Gasteiger partial charge in [0.05, 0.1) is 16.7 Å². The van der Waals surface area contributed by atoms with Gasteiger partial charge in [-0.05, 0) is 44.2 Å². The van der Waals surface area contributed by atoms with Crippen molar-refractivity contribution < 1.29 is 18.1 Å². The van der Waals surface area contributed by atoms with Crippen LogP contribution in [-0.2, 0) is 11.3 Å². The first-order valence-electron chi connectivity index (χ1n) is 9.55. The fourth-order valence-electron chi connectivity index (χ4n) is 3.41. The van der Waals surface area contributed by atoms with Gasteiger partial charge in [-0.2, -0.15) is 4.98 Å². The number of nitrogens with one attached hydrogen (secondary N) is 1. The van der Waals surface area contributed by atoms with E-state index in [4.69, 9.17) is 4.52 Å². The summed E-state index contributed by atoms with van der Waals surface area (Å²) in [6.07, 6.45) is 0. The van der Waals surface area contributed by atoms with Crippen molar-refractivity contribution in [3.63, 3.8) is 0 Å². The number of anilines is 1. The van der Waals surface area contributed by atoms with Crippen molar-refractivity contribution in [3.8, 4) is 11.4 Å². The normalized spacial score (nSPS) is 11.4. The maximum absolute atomic E-state index is 13.9. The summed E-state index contributed by atoms with van der Waals surface area (Å²) >= 11 is 0. The minimum atomic E-state index is -0.776. The molecule has 160 valence electrons. The van der Waals surface area contributed by atoms with Gasteiger partial charge in [0.2, 0.25) is 17.6 Å². The monoisotopic (exact) mass is 427 g/mol. The van der Waals surface area contributed by atoms with E-state index >= 15 is 0 Å². The summed E-state index contributed by atoms with van der Waals surface area (Å²) in [5.74, 6) is -1.40. The van der Waals surface area contributed by atoms with Gasteiger partial charge in [0.25, 0.3) is 0 Å². The van der Waals surface area contributed by atoms with Gasteiger partial charge >= 0.3 is 5.69 Å². The Morgan fingerprint density at radius 1 is 1.16 bits per heavy atom. The predicted octanol–water partition coefficient (Wildman–Crippen LogP) is 3.66. The summed E-state index contributed by atoms with van der Waals surface area (Å²) < 4.78 is 35.1. The van der Waals surface area contributed by atoms with Crippen LogP contribution in [0.2, 0.25) is 0 Å². The number of halogens is 2. The molecule has 0 bridgehead atoms. The van der Waals surface area contributed by atoms with Crippen molar-refractivity contribution in [1.29, 1.82) is 0 Å². The Labute approximate surface area is 175 Å². The molecule has 1 N–H and O–H groups in total. The third-order valence-electron chi connectivity index (χ3n) is 4.77. The van der Waals surface area contributed by atoms with Crippen LogP contribution in [0.3, 0.4) is 0 Å². The lowest BCUT2D eigenvalue weighted by molar-refractivity contribution is -0.116. The molecule has 1 amide bonds. The van der Waals surface area contributed by atoms with Crippen LogP contribution in [0.4, 0.5) is 14.5 Å². The highest BCUT2D eigenvalue weighted by Crippen LogP contribution is 2.24. The molecule has 0 saturated carbocycles. The number of amides is 1. The molecule has 0 aliphatic carbocycles. The number of aryl methyl sites for hydroxylation is 1. The van der Waals surface area contributed by atoms with Gasteiger partial charge in [-0.25, -0.2) is 13.6 Å². The zero-order valence-electron chi connectivity index (χ0n) is 17.0. The van der Waals surface area contributed by atoms with Crippen LogP contribution < -0.4 is 11.0 Å². The third-order valence-corrected chi connectivity index (χ3v) is 4.77. The van der Waals surface area contributed by atoms with E-state index < -0.39 is 23.2 Å². The first kappa shape index (κ1) is 20.5. The van der Waals surface area contributed by atoms with Crippen LogP contribution in [-0.4, -0.2) is 25.2 Å². The van der Waals surface area contributed by atoms with E-state index in [0.717, 1.165) is 18.2 Å². The lowest BCUT2D eigenvalue weighted by Crippen LogP contribution is -2.30. The van der Waals surface area contributed by atoms with Crippen molar-refractivity contribution in [2.75, 3.05) is 5.32 Å². The molecule has 4 rings (SSSR count). The molecule has 4 aromatic rings. The highest BCUT2D eigenvalue weighted by atomic mass is 19.1. The molecule has 0 spiro atoms. The smallest absolute Gasteiger partial charge is 0.329 e. The van der Waals surface area contributed by atoms with E-state index in [-0.39, 0.29) is 18.3 Å². The number of hydrogen-bond acceptors (Lipinski definition) is 5. The number of imidazole rings is 1. The van der Waals surface area contributed by atoms with Crippen molar-refractivity contribution in [1.82, 2.24) is 19.3 Å². The summed E-state index contributed by atoms with van der Waals surface area (Å²) in [5, 5.41) is 6.20. The van der Waals surface area contributed by atoms with E-state index in [1.165, 1.54) is 4.57 Å². The number of nitrogens with zero attached hydrogens (tertiary/aromatic N) is 4. The molecule has 0 saturated heterocycles. The molecule has 0 atom stereocenters. The first-order chi connectivity index (χ1) is 14.7. The van der Waals surface area contributed by atoms with Crippen LogP contribution in [0.15, 0.2) is 45.7 Å². The van der Waals surface area contributed by atoms with Gasteiger partial charge in [-0.1, -0.05) is 5.16 Å². The predicted molar refractivity (Wildman–Crippen MR) is 110 cm³/mol. The summed E-state index contributed by atoms with van der Waals surface area (Å²) in [6.45, 7) is 4.98. The fraction of sp³-hybridized carbons (Fsp3) is 0.238. The number of carbonyl (C=O) groups excluding carboxylic acids is 1. The SMILES string of the molecule is Cc1nc(-c2ccc3c(c2)n(CC(=O)Nc2cc(F)ccc2F)c(=O)n3C(C)C)no1.